The number of nitrogens with zero attached hydrogens (tertiary/aromatic N) is 1. The number of rotatable bonds is 2. The van der Waals surface area contributed by atoms with E-state index in [2.05, 4.69) is 20.9 Å². The predicted molar refractivity (Wildman–Crippen MR) is 71.7 cm³/mol. The molecule has 2 nitrogen and oxygen atoms in total. The van der Waals surface area contributed by atoms with Gasteiger partial charge in [-0.15, -0.1) is 0 Å². The summed E-state index contributed by atoms with van der Waals surface area (Å²) in [6, 6.07) is 10.0. The molecule has 16 heavy (non-hydrogen) atoms. The van der Waals surface area contributed by atoms with Gasteiger partial charge in [-0.05, 0) is 42.8 Å². The molecular weight excluding hydrogens is 284 g/mol. The second kappa shape index (κ2) is 4.89. The third-order valence-corrected chi connectivity index (χ3v) is 3.75. The summed E-state index contributed by atoms with van der Waals surface area (Å²) in [5.41, 5.74) is 7.79. The van der Waals surface area contributed by atoms with E-state index in [1.54, 1.807) is 18.0 Å². The van der Waals surface area contributed by atoms with Gasteiger partial charge in [0.2, 0.25) is 0 Å². The molecule has 0 bridgehead atoms. The van der Waals surface area contributed by atoms with Gasteiger partial charge >= 0.3 is 0 Å². The Morgan fingerprint density at radius 1 is 1.19 bits per heavy atom. The summed E-state index contributed by atoms with van der Waals surface area (Å²) < 4.78 is 1.07. The lowest BCUT2D eigenvalue weighted by Crippen LogP contribution is -1.94. The molecule has 0 unspecified atom stereocenters. The van der Waals surface area contributed by atoms with Crippen LogP contribution in [0.4, 0.5) is 5.69 Å². The van der Waals surface area contributed by atoms with Crippen LogP contribution in [0.3, 0.4) is 0 Å². The maximum atomic E-state index is 5.97. The molecule has 2 N–H and O–H groups in total. The van der Waals surface area contributed by atoms with Crippen LogP contribution in [0.1, 0.15) is 5.56 Å². The summed E-state index contributed by atoms with van der Waals surface area (Å²) in [6.07, 6.45) is 1.78. The van der Waals surface area contributed by atoms with Gasteiger partial charge in [0.25, 0.3) is 0 Å². The summed E-state index contributed by atoms with van der Waals surface area (Å²) in [4.78, 5) is 5.42. The van der Waals surface area contributed by atoms with Crippen molar-refractivity contribution in [2.45, 2.75) is 16.8 Å². The highest BCUT2D eigenvalue weighted by molar-refractivity contribution is 9.10. The van der Waals surface area contributed by atoms with Crippen LogP contribution in [0.15, 0.2) is 50.9 Å². The number of nitrogen functional groups attached to an aromatic ring is 1. The smallest absolute Gasteiger partial charge is 0.124 e. The lowest BCUT2D eigenvalue weighted by molar-refractivity contribution is 1.12. The zero-order valence-corrected chi connectivity index (χ0v) is 11.2. The van der Waals surface area contributed by atoms with Gasteiger partial charge in [-0.2, -0.15) is 0 Å². The molecule has 2 aromatic rings. The first-order valence-corrected chi connectivity index (χ1v) is 6.42. The quantitative estimate of drug-likeness (QED) is 0.913. The Morgan fingerprint density at radius 3 is 2.56 bits per heavy atom. The van der Waals surface area contributed by atoms with Crippen LogP contribution in [0.5, 0.6) is 0 Å². The Balaban J connectivity index is 2.27. The summed E-state index contributed by atoms with van der Waals surface area (Å²) in [7, 11) is 0. The van der Waals surface area contributed by atoms with Gasteiger partial charge < -0.3 is 5.73 Å². The molecule has 0 aliphatic rings. The summed E-state index contributed by atoms with van der Waals surface area (Å²) >= 11 is 4.99. The van der Waals surface area contributed by atoms with Gasteiger partial charge in [0.1, 0.15) is 5.03 Å². The number of aromatic nitrogens is 1. The first-order chi connectivity index (χ1) is 7.66. The molecule has 1 aromatic carbocycles. The molecule has 2 rings (SSSR count). The summed E-state index contributed by atoms with van der Waals surface area (Å²) in [5, 5.41) is 0.863. The minimum absolute atomic E-state index is 0.760. The van der Waals surface area contributed by atoms with Crippen molar-refractivity contribution in [1.29, 1.82) is 0 Å². The van der Waals surface area contributed by atoms with Crippen molar-refractivity contribution in [3.8, 4) is 0 Å². The van der Waals surface area contributed by atoms with Crippen LogP contribution >= 0.6 is 27.7 Å². The number of pyridine rings is 1. The third kappa shape index (κ3) is 2.57. The molecule has 1 heterocycles. The number of nitrogens with two attached hydrogens (primary N) is 1. The molecule has 0 amide bonds. The second-order valence-electron chi connectivity index (χ2n) is 3.40. The second-order valence-corrected chi connectivity index (χ2v) is 5.38. The van der Waals surface area contributed by atoms with Gasteiger partial charge in [0.15, 0.2) is 0 Å². The number of hydrogen-bond donors (Lipinski definition) is 1. The van der Waals surface area contributed by atoms with E-state index in [0.717, 1.165) is 25.6 Å². The molecular formula is C12H11BrN2S. The molecule has 0 spiro atoms. The number of halogens is 1. The first-order valence-electron chi connectivity index (χ1n) is 4.81. The van der Waals surface area contributed by atoms with Gasteiger partial charge in [-0.3, -0.25) is 0 Å². The number of benzene rings is 1. The highest BCUT2D eigenvalue weighted by Crippen LogP contribution is 2.32. The summed E-state index contributed by atoms with van der Waals surface area (Å²) in [6.45, 7) is 1.99. The number of anilines is 1. The van der Waals surface area contributed by atoms with Crippen molar-refractivity contribution >= 4 is 33.4 Å². The van der Waals surface area contributed by atoms with E-state index in [-0.39, 0.29) is 0 Å². The monoisotopic (exact) mass is 294 g/mol. The Morgan fingerprint density at radius 2 is 1.88 bits per heavy atom. The van der Waals surface area contributed by atoms with E-state index in [4.69, 9.17) is 5.73 Å². The molecule has 1 aromatic heterocycles. The predicted octanol–water partition coefficient (Wildman–Crippen LogP) is 3.89. The van der Waals surface area contributed by atoms with Gasteiger partial charge in [-0.25, -0.2) is 4.98 Å². The highest BCUT2D eigenvalue weighted by Gasteiger charge is 2.05. The molecule has 0 saturated heterocycles. The molecule has 0 atom stereocenters. The van der Waals surface area contributed by atoms with Crippen molar-refractivity contribution in [3.05, 3.63) is 46.6 Å². The summed E-state index contributed by atoms with van der Waals surface area (Å²) in [5.74, 6) is 0. The average Bonchev–Trinajstić information content (AvgIpc) is 2.28. The van der Waals surface area contributed by atoms with E-state index in [0.29, 0.717) is 0 Å². The minimum atomic E-state index is 0.760. The van der Waals surface area contributed by atoms with Crippen LogP contribution < -0.4 is 5.73 Å². The Labute approximate surface area is 107 Å². The zero-order chi connectivity index (χ0) is 11.5. The van der Waals surface area contributed by atoms with E-state index < -0.39 is 0 Å². The van der Waals surface area contributed by atoms with Crippen molar-refractivity contribution in [1.82, 2.24) is 4.98 Å². The van der Waals surface area contributed by atoms with Gasteiger partial charge in [-0.1, -0.05) is 27.7 Å². The molecule has 0 fully saturated rings. The maximum Gasteiger partial charge on any atom is 0.124 e. The molecule has 4 heteroatoms. The van der Waals surface area contributed by atoms with Crippen LogP contribution in [0, 0.1) is 6.92 Å². The number of hydrogen-bond acceptors (Lipinski definition) is 3. The van der Waals surface area contributed by atoms with Crippen molar-refractivity contribution in [2.75, 3.05) is 5.73 Å². The Hall–Kier alpha value is -1.00. The lowest BCUT2D eigenvalue weighted by Gasteiger charge is -2.06. The third-order valence-electron chi connectivity index (χ3n) is 2.20. The Kier molecular flexibility index (Phi) is 3.51. The van der Waals surface area contributed by atoms with Crippen LogP contribution in [0.25, 0.3) is 0 Å². The van der Waals surface area contributed by atoms with Crippen LogP contribution in [0.2, 0.25) is 0 Å². The van der Waals surface area contributed by atoms with Crippen molar-refractivity contribution in [3.63, 3.8) is 0 Å². The fourth-order valence-electron chi connectivity index (χ4n) is 1.24. The fraction of sp³-hybridized carbons (Fsp3) is 0.0833. The molecule has 0 saturated carbocycles. The van der Waals surface area contributed by atoms with Crippen molar-refractivity contribution in [2.24, 2.45) is 0 Å². The lowest BCUT2D eigenvalue weighted by atomic mass is 10.3. The topological polar surface area (TPSA) is 38.9 Å². The van der Waals surface area contributed by atoms with E-state index in [9.17, 15) is 0 Å². The first kappa shape index (κ1) is 11.5. The normalized spacial score (nSPS) is 10.4. The zero-order valence-electron chi connectivity index (χ0n) is 8.77. The van der Waals surface area contributed by atoms with Crippen LogP contribution in [-0.2, 0) is 0 Å². The van der Waals surface area contributed by atoms with Gasteiger partial charge in [0, 0.05) is 15.6 Å². The van der Waals surface area contributed by atoms with Gasteiger partial charge in [0.05, 0.1) is 5.69 Å². The molecule has 0 radical (unpaired) electrons. The fourth-order valence-corrected chi connectivity index (χ4v) is 2.38. The molecule has 82 valence electrons. The van der Waals surface area contributed by atoms with E-state index in [1.165, 1.54) is 0 Å². The molecule has 0 aliphatic carbocycles. The minimum Gasteiger partial charge on any atom is -0.396 e. The SMILES string of the molecule is Cc1ccnc(Sc2ccc(Br)cc2)c1N. The van der Waals surface area contributed by atoms with Crippen LogP contribution in [-0.4, -0.2) is 4.98 Å². The molecule has 0 aliphatic heterocycles. The number of aryl methyl sites for hydroxylation is 1. The maximum absolute atomic E-state index is 5.97. The van der Waals surface area contributed by atoms with E-state index >= 15 is 0 Å². The Bertz CT molecular complexity index is 497. The van der Waals surface area contributed by atoms with E-state index in [1.807, 2.05) is 37.3 Å². The van der Waals surface area contributed by atoms with Crippen molar-refractivity contribution < 1.29 is 0 Å². The highest BCUT2D eigenvalue weighted by atomic mass is 79.9. The largest absolute Gasteiger partial charge is 0.396 e. The standard InChI is InChI=1S/C12H11BrN2S/c1-8-6-7-15-12(11(8)14)16-10-4-2-9(13)3-5-10/h2-7H,14H2,1H3. The average molecular weight is 295 g/mol.